The number of rotatable bonds is 3. The molecule has 25 heavy (non-hydrogen) atoms. The third-order valence-electron chi connectivity index (χ3n) is 5.06. The lowest BCUT2D eigenvalue weighted by atomic mass is 9.94. The number of hydrogen-bond acceptors (Lipinski definition) is 4. The van der Waals surface area contributed by atoms with E-state index in [1.165, 1.54) is 0 Å². The molecule has 1 aromatic heterocycles. The molecular formula is C20H22N4O. The van der Waals surface area contributed by atoms with Gasteiger partial charge in [0, 0.05) is 37.8 Å². The quantitative estimate of drug-likeness (QED) is 0.866. The van der Waals surface area contributed by atoms with Crippen molar-refractivity contribution in [1.82, 2.24) is 9.99 Å². The van der Waals surface area contributed by atoms with Gasteiger partial charge in [-0.3, -0.25) is 4.79 Å². The number of carbonyl (C=O) groups excluding carboxylic acids is 1. The maximum absolute atomic E-state index is 13.0. The first kappa shape index (κ1) is 15.8. The van der Waals surface area contributed by atoms with Gasteiger partial charge >= 0.3 is 0 Å². The van der Waals surface area contributed by atoms with Crippen LogP contribution in [0.4, 0.5) is 5.82 Å². The minimum absolute atomic E-state index is 0.0430. The van der Waals surface area contributed by atoms with E-state index < -0.39 is 0 Å². The number of nitrogens with zero attached hydrogens (tertiary/aromatic N) is 4. The molecule has 0 radical (unpaired) electrons. The number of pyridine rings is 1. The van der Waals surface area contributed by atoms with Crippen molar-refractivity contribution in [3.05, 3.63) is 60.3 Å². The molecule has 2 aliphatic heterocycles. The second-order valence-corrected chi connectivity index (χ2v) is 6.59. The van der Waals surface area contributed by atoms with Gasteiger partial charge in [-0.25, -0.2) is 9.99 Å². The minimum Gasteiger partial charge on any atom is -0.357 e. The first-order chi connectivity index (χ1) is 12.3. The summed E-state index contributed by atoms with van der Waals surface area (Å²) >= 11 is 0. The molecule has 2 aromatic rings. The molecule has 128 valence electrons. The van der Waals surface area contributed by atoms with Gasteiger partial charge in [-0.15, -0.1) is 0 Å². The maximum Gasteiger partial charge on any atom is 0.246 e. The summed E-state index contributed by atoms with van der Waals surface area (Å²) in [5.41, 5.74) is 1.15. The SMILES string of the molecule is O=C(C1CCN(c2ccccn2)CC1)N1N=CC[C@H]1c1ccccc1. The number of piperidine rings is 1. The number of hydrazone groups is 1. The molecule has 1 saturated heterocycles. The van der Waals surface area contributed by atoms with Crippen LogP contribution < -0.4 is 4.90 Å². The number of benzene rings is 1. The van der Waals surface area contributed by atoms with Gasteiger partial charge in [-0.2, -0.15) is 5.10 Å². The van der Waals surface area contributed by atoms with Gasteiger partial charge < -0.3 is 4.90 Å². The fourth-order valence-corrected chi connectivity index (χ4v) is 3.66. The zero-order valence-corrected chi connectivity index (χ0v) is 14.2. The van der Waals surface area contributed by atoms with Gasteiger partial charge in [0.15, 0.2) is 0 Å². The third kappa shape index (κ3) is 3.27. The van der Waals surface area contributed by atoms with E-state index in [4.69, 9.17) is 0 Å². The molecule has 5 nitrogen and oxygen atoms in total. The van der Waals surface area contributed by atoms with Gasteiger partial charge in [0.2, 0.25) is 5.91 Å². The predicted octanol–water partition coefficient (Wildman–Crippen LogP) is 3.26. The molecule has 0 bridgehead atoms. The van der Waals surface area contributed by atoms with Gasteiger partial charge in [0.1, 0.15) is 5.82 Å². The smallest absolute Gasteiger partial charge is 0.246 e. The topological polar surface area (TPSA) is 48.8 Å². The van der Waals surface area contributed by atoms with E-state index in [1.54, 1.807) is 5.01 Å². The van der Waals surface area contributed by atoms with Gasteiger partial charge in [-0.05, 0) is 30.5 Å². The van der Waals surface area contributed by atoms with Crippen LogP contribution in [-0.2, 0) is 4.79 Å². The lowest BCUT2D eigenvalue weighted by molar-refractivity contribution is -0.138. The Kier molecular flexibility index (Phi) is 4.46. The fourth-order valence-electron chi connectivity index (χ4n) is 3.66. The van der Waals surface area contributed by atoms with Crippen molar-refractivity contribution in [2.75, 3.05) is 18.0 Å². The summed E-state index contributed by atoms with van der Waals surface area (Å²) in [6.07, 6.45) is 6.17. The van der Waals surface area contributed by atoms with Crippen LogP contribution in [0.2, 0.25) is 0 Å². The molecule has 1 atom stereocenters. The summed E-state index contributed by atoms with van der Waals surface area (Å²) in [7, 11) is 0. The molecule has 1 fully saturated rings. The van der Waals surface area contributed by atoms with E-state index >= 15 is 0 Å². The minimum atomic E-state index is 0.0430. The van der Waals surface area contributed by atoms with Crippen molar-refractivity contribution in [3.63, 3.8) is 0 Å². The number of hydrogen-bond donors (Lipinski definition) is 0. The van der Waals surface area contributed by atoms with E-state index in [9.17, 15) is 4.79 Å². The van der Waals surface area contributed by atoms with Crippen molar-refractivity contribution in [2.24, 2.45) is 11.0 Å². The highest BCUT2D eigenvalue weighted by Gasteiger charge is 2.34. The largest absolute Gasteiger partial charge is 0.357 e. The molecule has 0 N–H and O–H groups in total. The van der Waals surface area contributed by atoms with E-state index in [0.717, 1.165) is 43.7 Å². The molecule has 5 heteroatoms. The van der Waals surface area contributed by atoms with Gasteiger partial charge in [0.05, 0.1) is 6.04 Å². The highest BCUT2D eigenvalue weighted by atomic mass is 16.2. The molecule has 4 rings (SSSR count). The van der Waals surface area contributed by atoms with Crippen molar-refractivity contribution in [2.45, 2.75) is 25.3 Å². The lowest BCUT2D eigenvalue weighted by Gasteiger charge is -2.34. The zero-order valence-electron chi connectivity index (χ0n) is 14.2. The Balaban J connectivity index is 1.41. The molecular weight excluding hydrogens is 312 g/mol. The van der Waals surface area contributed by atoms with Crippen LogP contribution in [0.5, 0.6) is 0 Å². The van der Waals surface area contributed by atoms with Crippen molar-refractivity contribution < 1.29 is 4.79 Å². The Labute approximate surface area is 148 Å². The molecule has 0 unspecified atom stereocenters. The number of aromatic nitrogens is 1. The summed E-state index contributed by atoms with van der Waals surface area (Å²) in [5.74, 6) is 1.19. The average molecular weight is 334 g/mol. The fraction of sp³-hybridized carbons (Fsp3) is 0.350. The summed E-state index contributed by atoms with van der Waals surface area (Å²) in [4.78, 5) is 19.7. The van der Waals surface area contributed by atoms with Crippen LogP contribution in [0.15, 0.2) is 59.8 Å². The summed E-state index contributed by atoms with van der Waals surface area (Å²) in [6.45, 7) is 1.72. The standard InChI is InChI=1S/C20H22N4O/c25-20(24-18(9-13-22-24)16-6-2-1-3-7-16)17-10-14-23(15-11-17)19-8-4-5-12-21-19/h1-8,12-13,17-18H,9-11,14-15H2/t18-/m0/s1. The average Bonchev–Trinajstić information content (AvgIpc) is 3.19. The molecule has 1 aromatic carbocycles. The zero-order chi connectivity index (χ0) is 17.1. The van der Waals surface area contributed by atoms with Crippen molar-refractivity contribution in [3.8, 4) is 0 Å². The van der Waals surface area contributed by atoms with Crippen molar-refractivity contribution in [1.29, 1.82) is 0 Å². The van der Waals surface area contributed by atoms with E-state index in [2.05, 4.69) is 27.1 Å². The number of anilines is 1. The molecule has 0 saturated carbocycles. The Hall–Kier alpha value is -2.69. The monoisotopic (exact) mass is 334 g/mol. The molecule has 2 aliphatic rings. The third-order valence-corrected chi connectivity index (χ3v) is 5.06. The summed E-state index contributed by atoms with van der Waals surface area (Å²) < 4.78 is 0. The van der Waals surface area contributed by atoms with Crippen LogP contribution in [0, 0.1) is 5.92 Å². The predicted molar refractivity (Wildman–Crippen MR) is 98.3 cm³/mol. The highest BCUT2D eigenvalue weighted by Crippen LogP contribution is 2.32. The van der Waals surface area contributed by atoms with Crippen LogP contribution in [0.3, 0.4) is 0 Å². The molecule has 0 aliphatic carbocycles. The summed E-state index contributed by atoms with van der Waals surface area (Å²) in [6, 6.07) is 16.2. The van der Waals surface area contributed by atoms with E-state index in [1.807, 2.05) is 48.8 Å². The van der Waals surface area contributed by atoms with Gasteiger partial charge in [0.25, 0.3) is 0 Å². The molecule has 3 heterocycles. The van der Waals surface area contributed by atoms with E-state index in [0.29, 0.717) is 0 Å². The summed E-state index contributed by atoms with van der Waals surface area (Å²) in [5, 5.41) is 6.08. The Morgan fingerprint density at radius 2 is 1.76 bits per heavy atom. The van der Waals surface area contributed by atoms with Crippen molar-refractivity contribution >= 4 is 17.9 Å². The number of carbonyl (C=O) groups is 1. The number of amides is 1. The molecule has 0 spiro atoms. The Morgan fingerprint density at radius 1 is 1.00 bits per heavy atom. The normalized spacial score (nSPS) is 20.9. The van der Waals surface area contributed by atoms with Gasteiger partial charge in [-0.1, -0.05) is 36.4 Å². The highest BCUT2D eigenvalue weighted by molar-refractivity contribution is 5.82. The van der Waals surface area contributed by atoms with E-state index in [-0.39, 0.29) is 17.9 Å². The van der Waals surface area contributed by atoms with Crippen LogP contribution in [-0.4, -0.2) is 35.2 Å². The van der Waals surface area contributed by atoms with Crippen LogP contribution in [0.25, 0.3) is 0 Å². The van der Waals surface area contributed by atoms with Crippen LogP contribution in [0.1, 0.15) is 30.9 Å². The lowest BCUT2D eigenvalue weighted by Crippen LogP contribution is -2.41. The first-order valence-corrected chi connectivity index (χ1v) is 8.89. The second kappa shape index (κ2) is 7.05. The second-order valence-electron chi connectivity index (χ2n) is 6.59. The molecule has 1 amide bonds. The van der Waals surface area contributed by atoms with Crippen LogP contribution >= 0.6 is 0 Å². The Bertz CT molecular complexity index is 739. The Morgan fingerprint density at radius 3 is 2.48 bits per heavy atom. The first-order valence-electron chi connectivity index (χ1n) is 8.89. The maximum atomic E-state index is 13.0.